The molecule has 0 fully saturated rings. The van der Waals surface area contributed by atoms with Gasteiger partial charge in [0.05, 0.1) is 37.2 Å². The van der Waals surface area contributed by atoms with Crippen LogP contribution in [0.3, 0.4) is 0 Å². The third kappa shape index (κ3) is 24.5. The van der Waals surface area contributed by atoms with Crippen molar-refractivity contribution in [1.29, 1.82) is 0 Å². The molecule has 0 aliphatic heterocycles. The van der Waals surface area contributed by atoms with Crippen LogP contribution in [0.5, 0.6) is 0 Å². The lowest BCUT2D eigenvalue weighted by Crippen LogP contribution is -2.27. The number of aromatic nitrogens is 2. The van der Waals surface area contributed by atoms with Gasteiger partial charge in [0, 0.05) is 52.9 Å². The number of thiazole rings is 2. The molecule has 7 nitrogen and oxygen atoms in total. The van der Waals surface area contributed by atoms with Crippen molar-refractivity contribution >= 4 is 80.8 Å². The van der Waals surface area contributed by atoms with Crippen LogP contribution < -0.4 is 10.6 Å². The Morgan fingerprint density at radius 1 is 0.768 bits per heavy atom. The van der Waals surface area contributed by atoms with E-state index in [1.165, 1.54) is 46.1 Å². The molecule has 1 amide bonds. The van der Waals surface area contributed by atoms with Gasteiger partial charge < -0.3 is 14.6 Å². The summed E-state index contributed by atoms with van der Waals surface area (Å²) >= 11 is 4.46. The van der Waals surface area contributed by atoms with Crippen molar-refractivity contribution in [1.82, 2.24) is 14.9 Å². The molecule has 0 spiro atoms. The second-order valence-corrected chi connectivity index (χ2v) is 22.4. The Morgan fingerprint density at radius 2 is 1.28 bits per heavy atom. The highest BCUT2D eigenvalue weighted by molar-refractivity contribution is 14.1. The van der Waals surface area contributed by atoms with E-state index in [0.717, 1.165) is 56.2 Å². The van der Waals surface area contributed by atoms with Crippen LogP contribution in [0.2, 0.25) is 0 Å². The Balaban J connectivity index is 0.000000466. The molecule has 2 aromatic carbocycles. The number of carbonyl (C=O) groups excluding carboxylic acids is 2. The van der Waals surface area contributed by atoms with Crippen LogP contribution in [-0.2, 0) is 20.3 Å². The number of alkyl halides is 6. The predicted octanol–water partition coefficient (Wildman–Crippen LogP) is 14.7. The number of Topliss-reactive ketones (excluding diaryl/α,β-unsaturated/α-hetero) is 1. The molecule has 378 valence electrons. The summed E-state index contributed by atoms with van der Waals surface area (Å²) in [7, 11) is 0.473. The van der Waals surface area contributed by atoms with E-state index in [1.807, 2.05) is 104 Å². The number of nitrogens with zero attached hydrogens (tertiary/aromatic N) is 3. The van der Waals surface area contributed by atoms with E-state index < -0.39 is 40.7 Å². The standard InChI is InChI=1S/C17H16NOPS.C15H21NOS.C11H15F3O.C9H13F3INO/c1-14-18-15(13-21-14)12-20(19,16-8-4-2-5-9-16)17-10-6-3-7-11-17;1-5-6-11(2)7-8-15(17)12(3)9-14-10-18-13(4)16-14;1-4-5-10(11(12,13)14)7-6-8(2)9(3)15;1-6(8(15)14(2)3)4-5-7(13)9(10,11)12/h2-11,13H,12H2,1H3;5,7,9-10,15,17H,1,6,8H2,2-4H3;4,7-8H,1,5-6H2,2-3H3;5-6H,4H2,1-3H3/b;11-7-,12-9+;10-7+;7-5-/t;15-;8-;6-/m.000/s1. The van der Waals surface area contributed by atoms with Crippen LogP contribution in [-0.4, -0.2) is 64.2 Å². The fraction of sp³-hybridized carbons (Fsp3) is 0.385. The number of hydrogen-bond donors (Lipinski definition) is 1. The van der Waals surface area contributed by atoms with E-state index in [-0.39, 0.29) is 36.9 Å². The van der Waals surface area contributed by atoms with Crippen molar-refractivity contribution in [2.75, 3.05) is 14.1 Å². The molecule has 0 unspecified atom stereocenters. The molecule has 0 aliphatic carbocycles. The molecule has 0 saturated heterocycles. The SMILES string of the molecule is C=CC/C(=C\C[C@H](C)C(C)=O)C(F)(F)F.C=CC/C(C)=C\C[C@H](O)/C(C)=C/c1csc(C)n1.C[C@@H](C/C=C(\I)C(F)(F)F)C(=O)N(C)C.Cc1nc(CP(=O)(c2ccccc2)c2ccccc2)cs1. The minimum absolute atomic E-state index is 0.105. The highest BCUT2D eigenvalue weighted by Gasteiger charge is 2.33. The van der Waals surface area contributed by atoms with Crippen molar-refractivity contribution < 1.29 is 45.6 Å². The summed E-state index contributed by atoms with van der Waals surface area (Å²) in [5.41, 5.74) is 3.39. The van der Waals surface area contributed by atoms with E-state index >= 15 is 0 Å². The molecule has 0 bridgehead atoms. The highest BCUT2D eigenvalue weighted by Crippen LogP contribution is 2.47. The number of hydrogen-bond acceptors (Lipinski definition) is 8. The number of ketones is 1. The molecule has 0 saturated carbocycles. The number of carbonyl (C=O) groups is 2. The summed E-state index contributed by atoms with van der Waals surface area (Å²) in [6.45, 7) is 19.5. The molecule has 0 radical (unpaired) electrons. The van der Waals surface area contributed by atoms with Gasteiger partial charge >= 0.3 is 12.4 Å². The maximum atomic E-state index is 13.8. The number of allylic oxidation sites excluding steroid dienone is 7. The van der Waals surface area contributed by atoms with Gasteiger partial charge in [-0.2, -0.15) is 26.3 Å². The molecule has 2 heterocycles. The van der Waals surface area contributed by atoms with Crippen molar-refractivity contribution in [3.63, 3.8) is 0 Å². The number of aliphatic hydroxyl groups is 1. The Hall–Kier alpha value is -4.22. The second-order valence-electron chi connectivity index (χ2n) is 16.3. The van der Waals surface area contributed by atoms with Crippen molar-refractivity contribution in [3.8, 4) is 0 Å². The first kappa shape index (κ1) is 62.8. The first-order chi connectivity index (χ1) is 32.2. The first-order valence-electron chi connectivity index (χ1n) is 21.8. The van der Waals surface area contributed by atoms with Gasteiger partial charge in [0.1, 0.15) is 12.9 Å². The monoisotopic (exact) mass is 1130 g/mol. The second kappa shape index (κ2) is 31.2. The smallest absolute Gasteiger partial charge is 0.388 e. The van der Waals surface area contributed by atoms with Gasteiger partial charge in [-0.3, -0.25) is 9.59 Å². The maximum absolute atomic E-state index is 13.8. The normalized spacial score (nSPS) is 13.8. The molecule has 0 aliphatic rings. The average molecular weight is 1130 g/mol. The third-order valence-corrected chi connectivity index (χ3v) is 15.7. The van der Waals surface area contributed by atoms with E-state index in [1.54, 1.807) is 50.6 Å². The molecular formula is C52H65F6IN3O4PS2. The fourth-order valence-electron chi connectivity index (χ4n) is 5.86. The van der Waals surface area contributed by atoms with Gasteiger partial charge in [0.25, 0.3) is 0 Å². The minimum atomic E-state index is -4.33. The van der Waals surface area contributed by atoms with Gasteiger partial charge in [-0.05, 0) is 101 Å². The number of aryl methyl sites for hydroxylation is 2. The number of rotatable bonds is 18. The van der Waals surface area contributed by atoms with Crippen molar-refractivity contribution in [3.05, 3.63) is 157 Å². The Labute approximate surface area is 426 Å². The maximum Gasteiger partial charge on any atom is 0.421 e. The molecule has 69 heavy (non-hydrogen) atoms. The van der Waals surface area contributed by atoms with Gasteiger partial charge in [-0.25, -0.2) is 9.97 Å². The van der Waals surface area contributed by atoms with Crippen LogP contribution in [0.4, 0.5) is 26.3 Å². The fourth-order valence-corrected chi connectivity index (χ4v) is 10.0. The predicted molar refractivity (Wildman–Crippen MR) is 284 cm³/mol. The molecule has 4 rings (SSSR count). The van der Waals surface area contributed by atoms with Gasteiger partial charge in [-0.15, -0.1) is 35.8 Å². The van der Waals surface area contributed by atoms with Gasteiger partial charge in [0.2, 0.25) is 5.91 Å². The Kier molecular flexibility index (Phi) is 28.4. The van der Waals surface area contributed by atoms with E-state index in [9.17, 15) is 45.6 Å². The zero-order valence-electron chi connectivity index (χ0n) is 40.7. The van der Waals surface area contributed by atoms with Crippen LogP contribution in [0.1, 0.15) is 88.1 Å². The summed E-state index contributed by atoms with van der Waals surface area (Å²) < 4.78 is 86.4. The number of aliphatic hydroxyl groups excluding tert-OH is 1. The van der Waals surface area contributed by atoms with Gasteiger partial charge in [-0.1, -0.05) is 110 Å². The Morgan fingerprint density at radius 3 is 1.70 bits per heavy atom. The minimum Gasteiger partial charge on any atom is -0.388 e. The van der Waals surface area contributed by atoms with Crippen LogP contribution in [0.15, 0.2) is 135 Å². The largest absolute Gasteiger partial charge is 0.421 e. The third-order valence-electron chi connectivity index (χ3n) is 10.0. The lowest BCUT2D eigenvalue weighted by Gasteiger charge is -2.18. The Bertz CT molecular complexity index is 2350. The lowest BCUT2D eigenvalue weighted by molar-refractivity contribution is -0.132. The number of benzene rings is 2. The van der Waals surface area contributed by atoms with Crippen molar-refractivity contribution in [2.45, 2.75) is 105 Å². The molecule has 2 aromatic heterocycles. The van der Waals surface area contributed by atoms with E-state index in [4.69, 9.17) is 0 Å². The quantitative estimate of drug-likeness (QED) is 0.0461. The molecule has 1 N–H and O–H groups in total. The molecular weight excluding hydrogens is 1070 g/mol. The molecule has 17 heteroatoms. The van der Waals surface area contributed by atoms with Crippen LogP contribution in [0.25, 0.3) is 6.08 Å². The van der Waals surface area contributed by atoms with Gasteiger partial charge in [0.15, 0.2) is 0 Å². The summed E-state index contributed by atoms with van der Waals surface area (Å²) in [6.07, 6.45) is 2.16. The summed E-state index contributed by atoms with van der Waals surface area (Å²) in [4.78, 5) is 32.4. The number of amides is 1. The molecule has 3 atom stereocenters. The summed E-state index contributed by atoms with van der Waals surface area (Å²) in [6, 6.07) is 19.5. The lowest BCUT2D eigenvalue weighted by atomic mass is 10.0. The summed E-state index contributed by atoms with van der Waals surface area (Å²) in [5.74, 6) is -1.07. The van der Waals surface area contributed by atoms with Crippen molar-refractivity contribution in [2.24, 2.45) is 11.8 Å². The van der Waals surface area contributed by atoms with E-state index in [0.29, 0.717) is 12.6 Å². The topological polar surface area (TPSA) is 100 Å². The zero-order chi connectivity index (χ0) is 52.5. The zero-order valence-corrected chi connectivity index (χ0v) is 45.4. The van der Waals surface area contributed by atoms with E-state index in [2.05, 4.69) is 36.1 Å². The van der Waals surface area contributed by atoms with Crippen LogP contribution >= 0.6 is 52.4 Å². The summed E-state index contributed by atoms with van der Waals surface area (Å²) in [5, 5.41) is 17.9. The average Bonchev–Trinajstić information content (AvgIpc) is 3.91. The molecule has 4 aromatic rings. The highest BCUT2D eigenvalue weighted by atomic mass is 127. The van der Waals surface area contributed by atoms with Crippen LogP contribution in [0, 0.1) is 25.7 Å². The number of halogens is 7. The first-order valence-corrected chi connectivity index (χ1v) is 26.6.